The van der Waals surface area contributed by atoms with Crippen LogP contribution in [0.1, 0.15) is 11.1 Å². The fourth-order valence-electron chi connectivity index (χ4n) is 3.58. The molecule has 0 bridgehead atoms. The number of H-pyrrole nitrogens is 1. The third kappa shape index (κ3) is 1.66. The molecule has 0 radical (unpaired) electrons. The first-order valence-corrected chi connectivity index (χ1v) is 7.92. The molecule has 0 saturated heterocycles. The molecule has 0 unspecified atom stereocenters. The third-order valence-corrected chi connectivity index (χ3v) is 4.98. The quantitative estimate of drug-likeness (QED) is 0.368. The fourth-order valence-corrected chi connectivity index (χ4v) is 3.58. The first kappa shape index (κ1) is 12.7. The first-order chi connectivity index (χ1) is 11.2. The molecule has 2 heteroatoms. The molecule has 3 aromatic carbocycles. The van der Waals surface area contributed by atoms with E-state index < -0.39 is 0 Å². The van der Waals surface area contributed by atoms with Crippen LogP contribution in [0.2, 0.25) is 0 Å². The maximum atomic E-state index is 4.90. The summed E-state index contributed by atoms with van der Waals surface area (Å²) in [4.78, 5) is 8.42. The standard InChI is InChI=1S/C21H16N2/c1-12-7-8-18-15(13(12)2)11-16-19(22-18)9-10-20-21(16)14-5-3-4-6-17(14)23-20/h3-11,23H,1-2H3. The van der Waals surface area contributed by atoms with Gasteiger partial charge in [-0.25, -0.2) is 4.98 Å². The molecule has 5 rings (SSSR count). The van der Waals surface area contributed by atoms with Gasteiger partial charge in [0.1, 0.15) is 0 Å². The van der Waals surface area contributed by atoms with Crippen molar-refractivity contribution in [1.29, 1.82) is 0 Å². The molecule has 0 atom stereocenters. The lowest BCUT2D eigenvalue weighted by molar-refractivity contribution is 1.36. The highest BCUT2D eigenvalue weighted by Crippen LogP contribution is 2.34. The summed E-state index contributed by atoms with van der Waals surface area (Å²) in [6.45, 7) is 4.34. The molecular weight excluding hydrogens is 280 g/mol. The highest BCUT2D eigenvalue weighted by Gasteiger charge is 2.11. The Kier molecular flexibility index (Phi) is 2.38. The number of pyridine rings is 1. The van der Waals surface area contributed by atoms with E-state index in [4.69, 9.17) is 4.98 Å². The minimum atomic E-state index is 1.05. The molecule has 2 nitrogen and oxygen atoms in total. The maximum absolute atomic E-state index is 4.90. The molecule has 0 aliphatic carbocycles. The summed E-state index contributed by atoms with van der Waals surface area (Å²) in [5, 5.41) is 5.00. The average molecular weight is 296 g/mol. The van der Waals surface area contributed by atoms with Crippen LogP contribution in [0.5, 0.6) is 0 Å². The molecule has 110 valence electrons. The summed E-state index contributed by atoms with van der Waals surface area (Å²) in [7, 11) is 0. The maximum Gasteiger partial charge on any atom is 0.0717 e. The number of aryl methyl sites for hydroxylation is 2. The second kappa shape index (κ2) is 4.32. The smallest absolute Gasteiger partial charge is 0.0717 e. The van der Waals surface area contributed by atoms with Gasteiger partial charge in [0.25, 0.3) is 0 Å². The van der Waals surface area contributed by atoms with Gasteiger partial charge in [0.05, 0.1) is 11.0 Å². The number of hydrogen-bond acceptors (Lipinski definition) is 1. The number of benzene rings is 3. The monoisotopic (exact) mass is 296 g/mol. The summed E-state index contributed by atoms with van der Waals surface area (Å²) < 4.78 is 0. The second-order valence-electron chi connectivity index (χ2n) is 6.29. The Morgan fingerprint density at radius 1 is 0.739 bits per heavy atom. The van der Waals surface area contributed by atoms with E-state index in [1.165, 1.54) is 43.7 Å². The number of hydrogen-bond donors (Lipinski definition) is 1. The van der Waals surface area contributed by atoms with Crippen molar-refractivity contribution >= 4 is 43.6 Å². The van der Waals surface area contributed by atoms with Crippen LogP contribution in [0.15, 0.2) is 54.6 Å². The zero-order valence-electron chi connectivity index (χ0n) is 13.1. The second-order valence-corrected chi connectivity index (χ2v) is 6.29. The number of aromatic nitrogens is 2. The summed E-state index contributed by atoms with van der Waals surface area (Å²) >= 11 is 0. The molecular formula is C21H16N2. The first-order valence-electron chi connectivity index (χ1n) is 7.92. The molecule has 0 aliphatic rings. The zero-order chi connectivity index (χ0) is 15.6. The van der Waals surface area contributed by atoms with Gasteiger partial charge < -0.3 is 4.98 Å². The van der Waals surface area contributed by atoms with E-state index >= 15 is 0 Å². The number of aromatic amines is 1. The van der Waals surface area contributed by atoms with Crippen LogP contribution in [-0.2, 0) is 0 Å². The van der Waals surface area contributed by atoms with Gasteiger partial charge in [0.15, 0.2) is 0 Å². The number of para-hydroxylation sites is 1. The third-order valence-electron chi connectivity index (χ3n) is 4.98. The Morgan fingerprint density at radius 3 is 2.43 bits per heavy atom. The van der Waals surface area contributed by atoms with Crippen LogP contribution >= 0.6 is 0 Å². The Bertz CT molecular complexity index is 1230. The molecule has 0 saturated carbocycles. The van der Waals surface area contributed by atoms with Crippen LogP contribution in [0.25, 0.3) is 43.6 Å². The average Bonchev–Trinajstić information content (AvgIpc) is 2.96. The number of rotatable bonds is 0. The van der Waals surface area contributed by atoms with Crippen molar-refractivity contribution in [2.75, 3.05) is 0 Å². The normalized spacial score (nSPS) is 11.9. The van der Waals surface area contributed by atoms with E-state index in [1.54, 1.807) is 0 Å². The fraction of sp³-hybridized carbons (Fsp3) is 0.0952. The Balaban J connectivity index is 2.07. The van der Waals surface area contributed by atoms with Gasteiger partial charge in [-0.15, -0.1) is 0 Å². The zero-order valence-corrected chi connectivity index (χ0v) is 13.1. The van der Waals surface area contributed by atoms with Crippen molar-refractivity contribution in [3.05, 3.63) is 65.7 Å². The van der Waals surface area contributed by atoms with Crippen LogP contribution in [0.4, 0.5) is 0 Å². The van der Waals surface area contributed by atoms with E-state index in [2.05, 4.69) is 73.4 Å². The predicted molar refractivity (Wildman–Crippen MR) is 98.1 cm³/mol. The topological polar surface area (TPSA) is 28.7 Å². The van der Waals surface area contributed by atoms with Gasteiger partial charge in [-0.05, 0) is 55.3 Å². The Labute approximate surface area is 133 Å². The SMILES string of the molecule is Cc1ccc2nc3ccc4[nH]c5ccccc5c4c3cc2c1C. The highest BCUT2D eigenvalue weighted by atomic mass is 14.7. The van der Waals surface area contributed by atoms with Crippen molar-refractivity contribution in [1.82, 2.24) is 9.97 Å². The largest absolute Gasteiger partial charge is 0.354 e. The van der Waals surface area contributed by atoms with Crippen LogP contribution in [-0.4, -0.2) is 9.97 Å². The van der Waals surface area contributed by atoms with Gasteiger partial charge in [0, 0.05) is 32.6 Å². The molecule has 0 spiro atoms. The molecule has 0 aliphatic heterocycles. The Hall–Kier alpha value is -2.87. The van der Waals surface area contributed by atoms with Crippen LogP contribution < -0.4 is 0 Å². The van der Waals surface area contributed by atoms with Gasteiger partial charge in [0.2, 0.25) is 0 Å². The summed E-state index contributed by atoms with van der Waals surface area (Å²) in [6, 6.07) is 19.3. The van der Waals surface area contributed by atoms with Gasteiger partial charge in [-0.3, -0.25) is 0 Å². The van der Waals surface area contributed by atoms with Crippen LogP contribution in [0.3, 0.4) is 0 Å². The molecule has 23 heavy (non-hydrogen) atoms. The molecule has 0 amide bonds. The number of nitrogens with zero attached hydrogens (tertiary/aromatic N) is 1. The summed E-state index contributed by atoms with van der Waals surface area (Å²) in [6.07, 6.45) is 0. The van der Waals surface area contributed by atoms with E-state index in [0.29, 0.717) is 0 Å². The van der Waals surface area contributed by atoms with Crippen molar-refractivity contribution < 1.29 is 0 Å². The van der Waals surface area contributed by atoms with E-state index in [9.17, 15) is 0 Å². The molecule has 2 heterocycles. The van der Waals surface area contributed by atoms with Crippen molar-refractivity contribution in [3.8, 4) is 0 Å². The predicted octanol–water partition coefficient (Wildman–Crippen LogP) is 5.64. The van der Waals surface area contributed by atoms with Gasteiger partial charge >= 0.3 is 0 Å². The lowest BCUT2D eigenvalue weighted by Crippen LogP contribution is -1.88. The number of nitrogens with one attached hydrogen (secondary N) is 1. The number of fused-ring (bicyclic) bond motifs is 6. The molecule has 1 N–H and O–H groups in total. The van der Waals surface area contributed by atoms with Crippen molar-refractivity contribution in [2.45, 2.75) is 13.8 Å². The lowest BCUT2D eigenvalue weighted by Gasteiger charge is -2.08. The minimum absolute atomic E-state index is 1.05. The van der Waals surface area contributed by atoms with Crippen LogP contribution in [0, 0.1) is 13.8 Å². The van der Waals surface area contributed by atoms with E-state index in [1.807, 2.05) is 0 Å². The minimum Gasteiger partial charge on any atom is -0.354 e. The highest BCUT2D eigenvalue weighted by molar-refractivity contribution is 6.20. The lowest BCUT2D eigenvalue weighted by atomic mass is 10.0. The van der Waals surface area contributed by atoms with Crippen molar-refractivity contribution in [2.24, 2.45) is 0 Å². The van der Waals surface area contributed by atoms with E-state index in [-0.39, 0.29) is 0 Å². The van der Waals surface area contributed by atoms with Gasteiger partial charge in [-0.1, -0.05) is 24.3 Å². The molecule has 2 aromatic heterocycles. The van der Waals surface area contributed by atoms with Crippen molar-refractivity contribution in [3.63, 3.8) is 0 Å². The molecule has 5 aromatic rings. The molecule has 0 fully saturated rings. The summed E-state index contributed by atoms with van der Waals surface area (Å²) in [5.74, 6) is 0. The van der Waals surface area contributed by atoms with Gasteiger partial charge in [-0.2, -0.15) is 0 Å². The van der Waals surface area contributed by atoms with E-state index in [0.717, 1.165) is 11.0 Å². The summed E-state index contributed by atoms with van der Waals surface area (Å²) in [5.41, 5.74) is 7.09. The Morgan fingerprint density at radius 2 is 1.52 bits per heavy atom.